The van der Waals surface area contributed by atoms with Crippen LogP contribution in [0.1, 0.15) is 166 Å². The number of aromatic nitrogens is 1. The van der Waals surface area contributed by atoms with E-state index in [0.717, 1.165) is 70.8 Å². The van der Waals surface area contributed by atoms with E-state index in [2.05, 4.69) is 58.8 Å². The van der Waals surface area contributed by atoms with Crippen LogP contribution in [0, 0.1) is 58.9 Å². The van der Waals surface area contributed by atoms with Gasteiger partial charge in [-0.25, -0.2) is 26.3 Å². The van der Waals surface area contributed by atoms with Crippen molar-refractivity contribution in [2.24, 2.45) is 0 Å². The molecule has 14 rings (SSSR count). The predicted molar refractivity (Wildman–Crippen MR) is 416 cm³/mol. The third-order valence-corrected chi connectivity index (χ3v) is 15.1. The zero-order chi connectivity index (χ0) is 86.6. The average molecular weight is 1700 g/mol. The Morgan fingerprint density at radius 1 is 0.487 bits per heavy atom. The molecule has 0 unspecified atom stereocenters. The zero-order valence-corrected chi connectivity index (χ0v) is 63.7. The lowest BCUT2D eigenvalue weighted by Gasteiger charge is -2.01. The Morgan fingerprint density at radius 3 is 1.39 bits per heavy atom. The monoisotopic (exact) mass is 1690 g/mol. The van der Waals surface area contributed by atoms with Gasteiger partial charge in [-0.05, 0) is 139 Å². The van der Waals surface area contributed by atoms with Crippen LogP contribution in [0.2, 0.25) is 5.02 Å². The van der Waals surface area contributed by atoms with Crippen molar-refractivity contribution in [2.75, 3.05) is 0 Å². The summed E-state index contributed by atoms with van der Waals surface area (Å²) in [6.07, 6.45) is 11.3. The number of benzene rings is 7. The maximum Gasteiger partial charge on any atom is 0.433 e. The largest absolute Gasteiger partial charge is 0.462 e. The highest BCUT2D eigenvalue weighted by atomic mass is 79.9. The fourth-order valence-corrected chi connectivity index (χ4v) is 8.98. The lowest BCUT2D eigenvalue weighted by Crippen LogP contribution is -2.05. The summed E-state index contributed by atoms with van der Waals surface area (Å²) >= 11 is 8.82. The Labute approximate surface area is 674 Å². The summed E-state index contributed by atoms with van der Waals surface area (Å²) < 4.78 is 103. The molecule has 0 spiro atoms. The van der Waals surface area contributed by atoms with Gasteiger partial charge < -0.3 is 36.9 Å². The first-order valence-electron chi connectivity index (χ1n) is 33.1. The molecule has 0 amide bonds. The number of aldehydes is 12. The van der Waals surface area contributed by atoms with E-state index in [0.29, 0.717) is 82.6 Å². The SMILES string of the molecule is CC(=O)OCc1ccc(C=O)o1.Cc1cc[nH]c1C=O.Cc1ccc(C=O)o1.O=Cc1c(F)c(F)c(F)c(F)c1F.O=Cc1ccc(CO)o1.O=Cc1ccc([N+](=O)[O-])o1.O=Cc1ccc2c(c1)Cc1ccccc1-2.O=Cc1ccccc1.O=Cc1ccccc1Br.O=Cc1ccccc1Cl.O=Cc1ccccc1F.O=Cc1ccco1. The van der Waals surface area contributed by atoms with Crippen molar-refractivity contribution in [2.45, 2.75) is 40.4 Å². The molecular weight excluding hydrogens is 1630 g/mol. The highest BCUT2D eigenvalue weighted by Crippen LogP contribution is 2.36. The molecule has 6 heterocycles. The number of fused-ring (bicyclic) bond motifs is 3. The summed E-state index contributed by atoms with van der Waals surface area (Å²) in [5, 5.41) is 18.9. The number of nitro groups is 1. The van der Waals surface area contributed by atoms with E-state index in [-0.39, 0.29) is 42.0 Å². The van der Waals surface area contributed by atoms with E-state index in [4.69, 9.17) is 30.0 Å². The molecule has 7 aromatic carbocycles. The predicted octanol–water partition coefficient (Wildman–Crippen LogP) is 19.2. The Kier molecular flexibility index (Phi) is 44.7. The molecule has 0 aliphatic heterocycles. The highest BCUT2D eigenvalue weighted by molar-refractivity contribution is 9.10. The number of aliphatic hydroxyl groups is 1. The van der Waals surface area contributed by atoms with Gasteiger partial charge >= 0.3 is 11.9 Å². The third-order valence-electron chi connectivity index (χ3n) is 14.1. The van der Waals surface area contributed by atoms with Crippen LogP contribution in [0.15, 0.2) is 251 Å². The molecule has 32 heteroatoms. The molecule has 0 atom stereocenters. The van der Waals surface area contributed by atoms with Gasteiger partial charge in [-0.1, -0.05) is 143 Å². The van der Waals surface area contributed by atoms with Gasteiger partial charge in [0.25, 0.3) is 0 Å². The summed E-state index contributed by atoms with van der Waals surface area (Å²) in [5.74, 6) is -9.16. The third kappa shape index (κ3) is 34.5. The standard InChI is InChI=1S/C14H10O.C8H8O4.C7H5BrO.C7H5ClO.C7HF5O.C7H5FO.C7H6O.C6H7NO.C6H6O3.C6H6O2.C5H3NO4.C5H4O2/c15-9-10-5-6-14-12(7-10)8-11-3-1-2-4-13(11)14;1-6(10)11-5-8-3-2-7(4-9)12-8;2*8-7-4-2-1-3-6(7)5-9;8-3-2(1-13)4(9)6(11)7(12)5(3)10;8-7-4-2-1-3-6(7)5-9;8-6-7-4-2-1-3-5-7;1-5-2-3-7-6(5)4-8;7-3-5-1-2-6(4-8)9-5;1-5-2-3-6(4-7)8-5;7-3-4-1-2-5(10-4)6(8)9;6-4-5-2-1-3-7-5/h1-7,9H,8H2;2-4H,5H2,1H3;2*1-5H;1H;1-5H;1-6H;2-4,7H,1H3;1-3,8H,4H2;2-4H,1H3;1-3H;1-4H. The van der Waals surface area contributed by atoms with Crippen molar-refractivity contribution in [1.82, 2.24) is 4.98 Å². The normalized spacial score (nSPS) is 9.57. The first-order chi connectivity index (χ1) is 56.3. The fourth-order valence-electron chi connectivity index (χ4n) is 8.42. The van der Waals surface area contributed by atoms with Crippen molar-refractivity contribution in [3.8, 4) is 11.1 Å². The Balaban J connectivity index is 0.000000332. The van der Waals surface area contributed by atoms with Crippen LogP contribution in [0.5, 0.6) is 0 Å². The molecule has 2 N–H and O–H groups in total. The molecular formula is C85H66BrClF6N2O22. The number of hydrogen-bond donors (Lipinski definition) is 2. The van der Waals surface area contributed by atoms with Crippen molar-refractivity contribution < 1.29 is 126 Å². The van der Waals surface area contributed by atoms with Crippen LogP contribution in [-0.2, 0) is 29.2 Å². The summed E-state index contributed by atoms with van der Waals surface area (Å²) in [7, 11) is 0. The number of aromatic amines is 1. The van der Waals surface area contributed by atoms with Crippen molar-refractivity contribution in [1.29, 1.82) is 0 Å². The van der Waals surface area contributed by atoms with Gasteiger partial charge in [-0.15, -0.1) is 0 Å². The van der Waals surface area contributed by atoms with E-state index < -0.39 is 57.6 Å². The minimum absolute atomic E-state index is 0.0355. The van der Waals surface area contributed by atoms with Gasteiger partial charge in [-0.2, -0.15) is 0 Å². The Bertz CT molecular complexity index is 5220. The minimum atomic E-state index is -2.28. The van der Waals surface area contributed by atoms with Gasteiger partial charge in [0.15, 0.2) is 115 Å². The van der Waals surface area contributed by atoms with Crippen molar-refractivity contribution in [3.63, 3.8) is 0 Å². The number of furan rings is 5. The van der Waals surface area contributed by atoms with Crippen LogP contribution in [0.3, 0.4) is 0 Å². The minimum Gasteiger partial charge on any atom is -0.462 e. The highest BCUT2D eigenvalue weighted by Gasteiger charge is 2.25. The molecule has 6 aromatic heterocycles. The summed E-state index contributed by atoms with van der Waals surface area (Å²) in [4.78, 5) is 143. The van der Waals surface area contributed by atoms with Gasteiger partial charge in [0.2, 0.25) is 5.82 Å². The number of esters is 1. The molecule has 0 saturated carbocycles. The molecule has 13 aromatic rings. The Hall–Kier alpha value is -14.6. The number of carbonyl (C=O) groups is 13. The summed E-state index contributed by atoms with van der Waals surface area (Å²) in [6.45, 7) is 4.91. The zero-order valence-electron chi connectivity index (χ0n) is 61.4. The van der Waals surface area contributed by atoms with E-state index >= 15 is 0 Å². The quantitative estimate of drug-likeness (QED) is 0.0172. The van der Waals surface area contributed by atoms with Crippen LogP contribution in [-0.4, -0.2) is 96.4 Å². The molecule has 0 radical (unpaired) electrons. The number of carbonyl (C=O) groups excluding carboxylic acids is 13. The number of nitrogens with zero attached hydrogens (tertiary/aromatic N) is 1. The first kappa shape index (κ1) is 96.6. The van der Waals surface area contributed by atoms with E-state index in [9.17, 15) is 98.8 Å². The molecule has 1 aliphatic carbocycles. The second-order valence-corrected chi connectivity index (χ2v) is 23.4. The van der Waals surface area contributed by atoms with Gasteiger partial charge in [0.1, 0.15) is 53.8 Å². The molecule has 0 bridgehead atoms. The second-order valence-electron chi connectivity index (χ2n) is 22.1. The second kappa shape index (κ2) is 54.2. The van der Waals surface area contributed by atoms with Gasteiger partial charge in [0, 0.05) is 39.8 Å². The number of aliphatic hydroxyl groups excluding tert-OH is 1. The summed E-state index contributed by atoms with van der Waals surface area (Å²) in [6, 6.07) is 60.6. The van der Waals surface area contributed by atoms with Crippen LogP contribution in [0.4, 0.5) is 32.2 Å². The van der Waals surface area contributed by atoms with E-state index in [1.54, 1.807) is 104 Å². The summed E-state index contributed by atoms with van der Waals surface area (Å²) in [5.41, 5.74) is 8.25. The van der Waals surface area contributed by atoms with Crippen LogP contribution in [0.25, 0.3) is 11.1 Å². The maximum absolute atomic E-state index is 12.5. The van der Waals surface area contributed by atoms with Gasteiger partial charge in [0.05, 0.1) is 34.2 Å². The van der Waals surface area contributed by atoms with Crippen molar-refractivity contribution >= 4 is 115 Å². The number of rotatable bonds is 16. The van der Waals surface area contributed by atoms with Crippen LogP contribution < -0.4 is 0 Å². The average Bonchev–Trinajstić information content (AvgIpc) is 1.68. The molecule has 117 heavy (non-hydrogen) atoms. The number of hydrogen-bond acceptors (Lipinski definition) is 22. The maximum atomic E-state index is 12.5. The smallest absolute Gasteiger partial charge is 0.433 e. The molecule has 0 saturated heterocycles. The van der Waals surface area contributed by atoms with Crippen LogP contribution >= 0.6 is 27.5 Å². The van der Waals surface area contributed by atoms with Crippen molar-refractivity contribution in [3.05, 3.63) is 381 Å². The molecule has 1 aliphatic rings. The van der Waals surface area contributed by atoms with Gasteiger partial charge in [-0.3, -0.25) is 72.4 Å². The number of halogens is 8. The number of H-pyrrole nitrogens is 1. The molecule has 604 valence electrons. The fraction of sp³-hybridized carbons (Fsp3) is 0.0706. The lowest BCUT2D eigenvalue weighted by molar-refractivity contribution is -0.402. The molecule has 0 fully saturated rings. The van der Waals surface area contributed by atoms with E-state index in [1.807, 2.05) is 67.6 Å². The molecule has 24 nitrogen and oxygen atoms in total. The first-order valence-corrected chi connectivity index (χ1v) is 34.3. The number of nitrogens with one attached hydrogen (secondary N) is 1. The number of ether oxygens (including phenoxy) is 1. The lowest BCUT2D eigenvalue weighted by atomic mass is 10.0. The number of aryl methyl sites for hydroxylation is 2. The Morgan fingerprint density at radius 2 is 0.991 bits per heavy atom. The topological polar surface area (TPSA) is 376 Å². The van der Waals surface area contributed by atoms with E-state index in [1.165, 1.54) is 65.8 Å².